The minimum Gasteiger partial charge on any atom is -0.462 e. The minimum absolute atomic E-state index is 0.00693. The summed E-state index contributed by atoms with van der Waals surface area (Å²) in [4.78, 5) is 13.1. The topological polar surface area (TPSA) is 123 Å². The van der Waals surface area contributed by atoms with Crippen molar-refractivity contribution in [3.63, 3.8) is 0 Å². The van der Waals surface area contributed by atoms with E-state index in [1.165, 1.54) is 16.4 Å². The van der Waals surface area contributed by atoms with Gasteiger partial charge in [0.1, 0.15) is 12.9 Å². The number of rotatable bonds is 13. The lowest BCUT2D eigenvalue weighted by atomic mass is 9.90. The van der Waals surface area contributed by atoms with E-state index in [4.69, 9.17) is 14.2 Å². The molecule has 2 aliphatic rings. The Morgan fingerprint density at radius 1 is 1.00 bits per heavy atom. The summed E-state index contributed by atoms with van der Waals surface area (Å²) in [5.41, 5.74) is 1.54. The summed E-state index contributed by atoms with van der Waals surface area (Å²) in [6.45, 7) is 3.94. The zero-order chi connectivity index (χ0) is 28.0. The Labute approximate surface area is 230 Å². The Morgan fingerprint density at radius 2 is 1.64 bits per heavy atom. The van der Waals surface area contributed by atoms with Gasteiger partial charge in [-0.25, -0.2) is 8.42 Å². The lowest BCUT2D eigenvalue weighted by Crippen LogP contribution is -2.43. The molecule has 10 heteroatoms. The number of aliphatic hydroxyl groups excluding tert-OH is 2. The van der Waals surface area contributed by atoms with Gasteiger partial charge in [-0.15, -0.1) is 0 Å². The van der Waals surface area contributed by atoms with Crippen LogP contribution in [0.1, 0.15) is 44.2 Å². The van der Waals surface area contributed by atoms with Gasteiger partial charge in [-0.05, 0) is 35.6 Å². The van der Waals surface area contributed by atoms with Crippen LogP contribution in [0.3, 0.4) is 0 Å². The number of hydrogen-bond donors (Lipinski definition) is 2. The summed E-state index contributed by atoms with van der Waals surface area (Å²) in [6.07, 6.45) is -0.0379. The monoisotopic (exact) mass is 561 g/mol. The first-order valence-electron chi connectivity index (χ1n) is 13.5. The molecule has 1 unspecified atom stereocenters. The van der Waals surface area contributed by atoms with Crippen LogP contribution in [0.2, 0.25) is 0 Å². The van der Waals surface area contributed by atoms with Crippen molar-refractivity contribution in [3.05, 3.63) is 65.7 Å². The molecule has 1 aliphatic heterocycles. The highest BCUT2D eigenvalue weighted by molar-refractivity contribution is 7.89. The third-order valence-corrected chi connectivity index (χ3v) is 9.13. The lowest BCUT2D eigenvalue weighted by molar-refractivity contribution is -0.152. The molecule has 5 atom stereocenters. The Bertz CT molecular complexity index is 1160. The second kappa shape index (κ2) is 13.3. The van der Waals surface area contributed by atoms with E-state index in [-0.39, 0.29) is 62.0 Å². The van der Waals surface area contributed by atoms with Gasteiger partial charge in [0.2, 0.25) is 10.0 Å². The van der Waals surface area contributed by atoms with Crippen molar-refractivity contribution in [1.29, 1.82) is 0 Å². The summed E-state index contributed by atoms with van der Waals surface area (Å²) in [7, 11) is -3.93. The average molecular weight is 562 g/mol. The predicted octanol–water partition coefficient (Wildman–Crippen LogP) is 2.88. The second-order valence-electron chi connectivity index (χ2n) is 10.9. The van der Waals surface area contributed by atoms with Gasteiger partial charge >= 0.3 is 5.97 Å². The van der Waals surface area contributed by atoms with E-state index in [0.717, 1.165) is 5.56 Å². The summed E-state index contributed by atoms with van der Waals surface area (Å²) >= 11 is 0. The van der Waals surface area contributed by atoms with Gasteiger partial charge in [0.05, 0.1) is 36.2 Å². The maximum atomic E-state index is 13.6. The van der Waals surface area contributed by atoms with E-state index < -0.39 is 28.0 Å². The molecular formula is C29H39NO8S. The number of ether oxygens (including phenoxy) is 3. The minimum atomic E-state index is -3.93. The van der Waals surface area contributed by atoms with Crippen molar-refractivity contribution in [1.82, 2.24) is 4.31 Å². The normalized spacial score (nSPS) is 22.7. The van der Waals surface area contributed by atoms with Crippen LogP contribution >= 0.6 is 0 Å². The lowest BCUT2D eigenvalue weighted by Gasteiger charge is -2.30. The average Bonchev–Trinajstić information content (AvgIpc) is 3.50. The van der Waals surface area contributed by atoms with Crippen molar-refractivity contribution in [2.45, 2.75) is 75.4 Å². The molecular weight excluding hydrogens is 522 g/mol. The largest absolute Gasteiger partial charge is 0.462 e. The molecule has 1 aliphatic carbocycles. The fourth-order valence-electron chi connectivity index (χ4n) is 5.24. The molecule has 0 radical (unpaired) electrons. The Hall–Kier alpha value is -2.34. The standard InChI is InChI=1S/C29H39NO8S/c1-20(2)16-30(39(34,35)25-10-8-22(18-31)9-11-25)17-26(32)23(12-21-6-4-3-5-7-21)13-29(33)38-24-14-27-28(15-24)37-19-36-27/h3-11,20,23-24,26-28,31-32H,12-19H2,1-2H3/t23-,24?,26-,27-,28+/m1/s1. The van der Waals surface area contributed by atoms with Crippen LogP contribution in [-0.4, -0.2) is 73.2 Å². The van der Waals surface area contributed by atoms with Gasteiger partial charge in [0, 0.05) is 31.8 Å². The molecule has 1 saturated heterocycles. The predicted molar refractivity (Wildman–Crippen MR) is 144 cm³/mol. The van der Waals surface area contributed by atoms with E-state index in [0.29, 0.717) is 24.8 Å². The first-order chi connectivity index (χ1) is 18.7. The number of nitrogens with zero attached hydrogens (tertiary/aromatic N) is 1. The van der Waals surface area contributed by atoms with Gasteiger partial charge in [0.15, 0.2) is 0 Å². The fourth-order valence-corrected chi connectivity index (χ4v) is 6.86. The molecule has 214 valence electrons. The van der Waals surface area contributed by atoms with Crippen LogP contribution in [0.25, 0.3) is 0 Å². The van der Waals surface area contributed by atoms with Crippen molar-refractivity contribution in [2.75, 3.05) is 19.9 Å². The van der Waals surface area contributed by atoms with Crippen LogP contribution < -0.4 is 0 Å². The number of fused-ring (bicyclic) bond motifs is 1. The van der Waals surface area contributed by atoms with Crippen molar-refractivity contribution in [3.8, 4) is 0 Å². The molecule has 0 bridgehead atoms. The fraction of sp³-hybridized carbons (Fsp3) is 0.552. The Balaban J connectivity index is 1.49. The van der Waals surface area contributed by atoms with Crippen LogP contribution in [-0.2, 0) is 42.1 Å². The molecule has 0 amide bonds. The Morgan fingerprint density at radius 3 is 2.23 bits per heavy atom. The van der Waals surface area contributed by atoms with Crippen molar-refractivity contribution in [2.24, 2.45) is 11.8 Å². The maximum absolute atomic E-state index is 13.6. The molecule has 1 saturated carbocycles. The third-order valence-electron chi connectivity index (χ3n) is 7.28. The van der Waals surface area contributed by atoms with Crippen LogP contribution in [0.4, 0.5) is 0 Å². The highest BCUT2D eigenvalue weighted by Crippen LogP contribution is 2.32. The highest BCUT2D eigenvalue weighted by Gasteiger charge is 2.42. The molecule has 9 nitrogen and oxygen atoms in total. The van der Waals surface area contributed by atoms with Crippen molar-refractivity contribution >= 4 is 16.0 Å². The van der Waals surface area contributed by atoms with E-state index in [1.54, 1.807) is 12.1 Å². The summed E-state index contributed by atoms with van der Waals surface area (Å²) in [6, 6.07) is 15.6. The maximum Gasteiger partial charge on any atom is 0.306 e. The van der Waals surface area contributed by atoms with Gasteiger partial charge in [-0.1, -0.05) is 56.3 Å². The first-order valence-corrected chi connectivity index (χ1v) is 14.9. The van der Waals surface area contributed by atoms with Crippen LogP contribution in [0.15, 0.2) is 59.5 Å². The van der Waals surface area contributed by atoms with Crippen LogP contribution in [0, 0.1) is 11.8 Å². The molecule has 0 aromatic heterocycles. The van der Waals surface area contributed by atoms with Crippen molar-refractivity contribution < 1.29 is 37.6 Å². The van der Waals surface area contributed by atoms with E-state index >= 15 is 0 Å². The quantitative estimate of drug-likeness (QED) is 0.358. The van der Waals surface area contributed by atoms with Crippen LogP contribution in [0.5, 0.6) is 0 Å². The van der Waals surface area contributed by atoms with Gasteiger partial charge < -0.3 is 24.4 Å². The second-order valence-corrected chi connectivity index (χ2v) is 12.8. The molecule has 2 aromatic rings. The molecule has 2 fully saturated rings. The molecule has 1 heterocycles. The Kier molecular flexibility index (Phi) is 10.1. The molecule has 4 rings (SSSR count). The van der Waals surface area contributed by atoms with E-state index in [9.17, 15) is 23.4 Å². The molecule has 0 spiro atoms. The summed E-state index contributed by atoms with van der Waals surface area (Å²) < 4.78 is 45.2. The number of carbonyl (C=O) groups excluding carboxylic acids is 1. The van der Waals surface area contributed by atoms with E-state index in [2.05, 4.69) is 0 Å². The third kappa shape index (κ3) is 7.87. The number of hydrogen-bond acceptors (Lipinski definition) is 8. The van der Waals surface area contributed by atoms with E-state index in [1.807, 2.05) is 44.2 Å². The molecule has 2 N–H and O–H groups in total. The molecule has 2 aromatic carbocycles. The zero-order valence-electron chi connectivity index (χ0n) is 22.5. The number of benzene rings is 2. The number of carbonyl (C=O) groups is 1. The molecule has 39 heavy (non-hydrogen) atoms. The number of aliphatic hydroxyl groups is 2. The van der Waals surface area contributed by atoms with Gasteiger partial charge in [0.25, 0.3) is 0 Å². The van der Waals surface area contributed by atoms with Gasteiger partial charge in [-0.3, -0.25) is 4.79 Å². The summed E-state index contributed by atoms with van der Waals surface area (Å²) in [5.74, 6) is -0.986. The SMILES string of the molecule is CC(C)CN(C[C@@H](O)[C@@H](CC(=O)OC1C[C@@H]2OCO[C@@H]2C1)Cc1ccccc1)S(=O)(=O)c1ccc(CO)cc1. The first kappa shape index (κ1) is 29.6. The zero-order valence-corrected chi connectivity index (χ0v) is 23.3. The number of sulfonamides is 1. The highest BCUT2D eigenvalue weighted by atomic mass is 32.2. The summed E-state index contributed by atoms with van der Waals surface area (Å²) in [5, 5.41) is 20.7. The van der Waals surface area contributed by atoms with Gasteiger partial charge in [-0.2, -0.15) is 4.31 Å². The smallest absolute Gasteiger partial charge is 0.306 e. The number of esters is 1.